The van der Waals surface area contributed by atoms with Crippen molar-refractivity contribution in [2.24, 2.45) is 0 Å². The standard InChI is InChI=1S/C9H16O2/c1-7-5-3-2-4-6-8(10)9(7)11/h8-11H,1-6H2/t8-,9+/m1/s1. The summed E-state index contributed by atoms with van der Waals surface area (Å²) >= 11 is 0. The van der Waals surface area contributed by atoms with Crippen molar-refractivity contribution in [3.8, 4) is 0 Å². The van der Waals surface area contributed by atoms with Crippen LogP contribution in [-0.2, 0) is 0 Å². The predicted octanol–water partition coefficient (Wildman–Crippen LogP) is 1.23. The van der Waals surface area contributed by atoms with E-state index in [1.807, 2.05) is 0 Å². The average molecular weight is 156 g/mol. The fourth-order valence-corrected chi connectivity index (χ4v) is 1.46. The normalized spacial score (nSPS) is 34.5. The van der Waals surface area contributed by atoms with Gasteiger partial charge in [-0.2, -0.15) is 0 Å². The van der Waals surface area contributed by atoms with Gasteiger partial charge in [0.2, 0.25) is 0 Å². The molecule has 1 fully saturated rings. The molecule has 2 heteroatoms. The highest BCUT2D eigenvalue weighted by molar-refractivity contribution is 5.04. The maximum absolute atomic E-state index is 9.40. The van der Waals surface area contributed by atoms with E-state index in [0.717, 1.165) is 31.3 Å². The van der Waals surface area contributed by atoms with Gasteiger partial charge in [0.1, 0.15) is 6.10 Å². The Kier molecular flexibility index (Phi) is 3.09. The molecule has 1 rings (SSSR count). The Morgan fingerprint density at radius 3 is 2.64 bits per heavy atom. The summed E-state index contributed by atoms with van der Waals surface area (Å²) in [6.45, 7) is 3.74. The Balaban J connectivity index is 2.49. The Morgan fingerprint density at radius 2 is 1.91 bits per heavy atom. The molecule has 1 aliphatic carbocycles. The largest absolute Gasteiger partial charge is 0.390 e. The quantitative estimate of drug-likeness (QED) is 0.518. The van der Waals surface area contributed by atoms with Gasteiger partial charge in [-0.3, -0.25) is 0 Å². The molecule has 0 radical (unpaired) electrons. The second kappa shape index (κ2) is 3.88. The lowest BCUT2D eigenvalue weighted by Gasteiger charge is -2.22. The van der Waals surface area contributed by atoms with Crippen LogP contribution in [0.1, 0.15) is 32.1 Å². The van der Waals surface area contributed by atoms with Gasteiger partial charge in [0, 0.05) is 0 Å². The van der Waals surface area contributed by atoms with Gasteiger partial charge in [0.15, 0.2) is 0 Å². The van der Waals surface area contributed by atoms with Crippen molar-refractivity contribution in [1.29, 1.82) is 0 Å². The van der Waals surface area contributed by atoms with Gasteiger partial charge >= 0.3 is 0 Å². The van der Waals surface area contributed by atoms with Gasteiger partial charge in [0.05, 0.1) is 6.10 Å². The summed E-state index contributed by atoms with van der Waals surface area (Å²) in [6.07, 6.45) is 3.56. The first-order chi connectivity index (χ1) is 5.22. The van der Waals surface area contributed by atoms with Crippen molar-refractivity contribution in [3.05, 3.63) is 12.2 Å². The van der Waals surface area contributed by atoms with Crippen molar-refractivity contribution < 1.29 is 10.2 Å². The maximum atomic E-state index is 9.40. The molecule has 1 aliphatic rings. The highest BCUT2D eigenvalue weighted by atomic mass is 16.3. The predicted molar refractivity (Wildman–Crippen MR) is 44.2 cm³/mol. The molecule has 2 nitrogen and oxygen atoms in total. The Hall–Kier alpha value is -0.340. The molecule has 64 valence electrons. The maximum Gasteiger partial charge on any atom is 0.101 e. The van der Waals surface area contributed by atoms with Crippen LogP contribution in [0.3, 0.4) is 0 Å². The molecule has 0 saturated heterocycles. The van der Waals surface area contributed by atoms with Crippen LogP contribution >= 0.6 is 0 Å². The molecule has 1 saturated carbocycles. The summed E-state index contributed by atoms with van der Waals surface area (Å²) < 4.78 is 0. The van der Waals surface area contributed by atoms with Gasteiger partial charge in [-0.15, -0.1) is 0 Å². The lowest BCUT2D eigenvalue weighted by Crippen LogP contribution is -2.28. The molecular formula is C9H16O2. The monoisotopic (exact) mass is 156 g/mol. The number of hydrogen-bond acceptors (Lipinski definition) is 2. The number of aliphatic hydroxyl groups is 2. The first kappa shape index (κ1) is 8.75. The molecule has 0 bridgehead atoms. The van der Waals surface area contributed by atoms with E-state index in [-0.39, 0.29) is 0 Å². The molecule has 2 N–H and O–H groups in total. The SMILES string of the molecule is C=C1CCCCC[C@@H](O)[C@H]1O. The van der Waals surface area contributed by atoms with Gasteiger partial charge in [-0.25, -0.2) is 0 Å². The number of aliphatic hydroxyl groups excluding tert-OH is 2. The van der Waals surface area contributed by atoms with Crippen LogP contribution in [0, 0.1) is 0 Å². The highest BCUT2D eigenvalue weighted by Crippen LogP contribution is 2.20. The zero-order valence-electron chi connectivity index (χ0n) is 6.79. The zero-order valence-corrected chi connectivity index (χ0v) is 6.79. The molecule has 2 atom stereocenters. The molecule has 0 aromatic carbocycles. The van der Waals surface area contributed by atoms with E-state index >= 15 is 0 Å². The highest BCUT2D eigenvalue weighted by Gasteiger charge is 2.20. The van der Waals surface area contributed by atoms with Crippen molar-refractivity contribution in [2.45, 2.75) is 44.3 Å². The van der Waals surface area contributed by atoms with Crippen LogP contribution in [0.5, 0.6) is 0 Å². The van der Waals surface area contributed by atoms with E-state index < -0.39 is 12.2 Å². The lowest BCUT2D eigenvalue weighted by atomic mass is 9.93. The van der Waals surface area contributed by atoms with Crippen LogP contribution in [0.2, 0.25) is 0 Å². The fraction of sp³-hybridized carbons (Fsp3) is 0.778. The minimum atomic E-state index is -0.685. The summed E-state index contributed by atoms with van der Waals surface area (Å²) in [4.78, 5) is 0. The van der Waals surface area contributed by atoms with Crippen molar-refractivity contribution in [3.63, 3.8) is 0 Å². The first-order valence-corrected chi connectivity index (χ1v) is 4.25. The zero-order chi connectivity index (χ0) is 8.27. The second-order valence-corrected chi connectivity index (χ2v) is 3.27. The van der Waals surface area contributed by atoms with Gasteiger partial charge in [-0.05, 0) is 24.8 Å². The lowest BCUT2D eigenvalue weighted by molar-refractivity contribution is 0.0300. The second-order valence-electron chi connectivity index (χ2n) is 3.27. The Labute approximate surface area is 67.6 Å². The summed E-state index contributed by atoms with van der Waals surface area (Å²) in [5, 5.41) is 18.7. The van der Waals surface area contributed by atoms with Crippen molar-refractivity contribution in [1.82, 2.24) is 0 Å². The summed E-state index contributed by atoms with van der Waals surface area (Å²) in [5.41, 5.74) is 0.789. The third kappa shape index (κ3) is 2.31. The van der Waals surface area contributed by atoms with Gasteiger partial charge in [0.25, 0.3) is 0 Å². The van der Waals surface area contributed by atoms with Crippen LogP contribution in [0.25, 0.3) is 0 Å². The molecule has 0 amide bonds. The minimum absolute atomic E-state index is 0.581. The van der Waals surface area contributed by atoms with E-state index in [2.05, 4.69) is 6.58 Å². The smallest absolute Gasteiger partial charge is 0.101 e. The van der Waals surface area contributed by atoms with Crippen molar-refractivity contribution in [2.75, 3.05) is 0 Å². The third-order valence-electron chi connectivity index (χ3n) is 2.28. The molecule has 0 unspecified atom stereocenters. The topological polar surface area (TPSA) is 40.5 Å². The van der Waals surface area contributed by atoms with Gasteiger partial charge in [-0.1, -0.05) is 19.4 Å². The summed E-state index contributed by atoms with van der Waals surface area (Å²) in [7, 11) is 0. The molecule has 0 spiro atoms. The fourth-order valence-electron chi connectivity index (χ4n) is 1.46. The van der Waals surface area contributed by atoms with Gasteiger partial charge < -0.3 is 10.2 Å². The Bertz CT molecular complexity index is 142. The number of rotatable bonds is 0. The molecular weight excluding hydrogens is 140 g/mol. The molecule has 11 heavy (non-hydrogen) atoms. The van der Waals surface area contributed by atoms with E-state index in [1.54, 1.807) is 0 Å². The molecule has 0 aromatic rings. The van der Waals surface area contributed by atoms with Crippen LogP contribution in [0.4, 0.5) is 0 Å². The first-order valence-electron chi connectivity index (χ1n) is 4.25. The van der Waals surface area contributed by atoms with Crippen LogP contribution < -0.4 is 0 Å². The van der Waals surface area contributed by atoms with E-state index in [0.29, 0.717) is 6.42 Å². The summed E-state index contributed by atoms with van der Waals surface area (Å²) in [6, 6.07) is 0. The Morgan fingerprint density at radius 1 is 1.18 bits per heavy atom. The van der Waals surface area contributed by atoms with E-state index in [4.69, 9.17) is 0 Å². The van der Waals surface area contributed by atoms with Crippen LogP contribution in [-0.4, -0.2) is 22.4 Å². The molecule has 0 aromatic heterocycles. The average Bonchev–Trinajstić information content (AvgIpc) is 2.00. The molecule has 0 aliphatic heterocycles. The third-order valence-corrected chi connectivity index (χ3v) is 2.28. The number of hydrogen-bond donors (Lipinski definition) is 2. The van der Waals surface area contributed by atoms with E-state index in [9.17, 15) is 10.2 Å². The van der Waals surface area contributed by atoms with E-state index in [1.165, 1.54) is 0 Å². The van der Waals surface area contributed by atoms with Crippen molar-refractivity contribution >= 4 is 0 Å². The minimum Gasteiger partial charge on any atom is -0.390 e. The summed E-state index contributed by atoms with van der Waals surface area (Å²) in [5.74, 6) is 0. The van der Waals surface area contributed by atoms with Crippen LogP contribution in [0.15, 0.2) is 12.2 Å². The molecule has 0 heterocycles.